The molecule has 0 aliphatic carbocycles. The van der Waals surface area contributed by atoms with E-state index in [4.69, 9.17) is 19.9 Å². The first-order valence-electron chi connectivity index (χ1n) is 8.47. The molecule has 152 valence electrons. The number of ether oxygens (including phenoxy) is 3. The summed E-state index contributed by atoms with van der Waals surface area (Å²) in [6.45, 7) is 7.04. The number of hydrogen-bond donors (Lipinski definition) is 2. The first-order valence-corrected chi connectivity index (χ1v) is 8.47. The van der Waals surface area contributed by atoms with E-state index >= 15 is 0 Å². The molecule has 2 rings (SSSR count). The first-order chi connectivity index (χ1) is 12.2. The van der Waals surface area contributed by atoms with Crippen molar-refractivity contribution in [3.05, 3.63) is 23.8 Å². The van der Waals surface area contributed by atoms with Crippen molar-refractivity contribution in [2.75, 3.05) is 27.3 Å². The van der Waals surface area contributed by atoms with E-state index in [-0.39, 0.29) is 36.1 Å². The summed E-state index contributed by atoms with van der Waals surface area (Å²) >= 11 is 0. The lowest BCUT2D eigenvalue weighted by atomic mass is 10.1. The van der Waals surface area contributed by atoms with E-state index in [1.807, 2.05) is 39.0 Å². The number of hydrogen-bond acceptors (Lipinski definition) is 5. The van der Waals surface area contributed by atoms with Gasteiger partial charge in [0.2, 0.25) is 0 Å². The van der Waals surface area contributed by atoms with Crippen molar-refractivity contribution in [3.8, 4) is 11.5 Å². The van der Waals surface area contributed by atoms with Crippen molar-refractivity contribution in [3.63, 3.8) is 0 Å². The summed E-state index contributed by atoms with van der Waals surface area (Å²) in [5.74, 6) is 1.66. The van der Waals surface area contributed by atoms with Crippen molar-refractivity contribution in [2.45, 2.75) is 39.0 Å². The highest BCUT2D eigenvalue weighted by Crippen LogP contribution is 2.27. The van der Waals surface area contributed by atoms with Crippen LogP contribution >= 0.6 is 24.0 Å². The number of carbonyl (C=O) groups excluding carboxylic acids is 1. The molecule has 0 radical (unpaired) electrons. The average molecular weight is 492 g/mol. The predicted molar refractivity (Wildman–Crippen MR) is 115 cm³/mol. The van der Waals surface area contributed by atoms with Gasteiger partial charge in [0.1, 0.15) is 5.60 Å². The van der Waals surface area contributed by atoms with Gasteiger partial charge in [-0.25, -0.2) is 9.79 Å². The molecule has 1 aromatic rings. The Hall–Kier alpha value is -1.91. The standard InChI is InChI=1S/C18H28N4O4.HI/c1-18(2,3)26-17(23)22-10-13(11-22)21-16(19)20-9-12-6-7-14(24-4)15(8-12)25-5;/h6-8,13H,9-11H2,1-5H3,(H3,19,20,21);1H. The average Bonchev–Trinajstić information content (AvgIpc) is 2.53. The third kappa shape index (κ3) is 6.96. The number of amides is 1. The normalized spacial score (nSPS) is 14.7. The van der Waals surface area contributed by atoms with Crippen LogP contribution in [0.3, 0.4) is 0 Å². The highest BCUT2D eigenvalue weighted by atomic mass is 127. The number of nitrogens with zero attached hydrogens (tertiary/aromatic N) is 2. The second-order valence-electron chi connectivity index (χ2n) is 7.12. The molecule has 27 heavy (non-hydrogen) atoms. The molecule has 0 spiro atoms. The van der Waals surface area contributed by atoms with E-state index in [2.05, 4.69) is 10.3 Å². The van der Waals surface area contributed by atoms with Crippen molar-refractivity contribution < 1.29 is 19.0 Å². The van der Waals surface area contributed by atoms with Crippen LogP contribution in [0.2, 0.25) is 0 Å². The summed E-state index contributed by atoms with van der Waals surface area (Å²) < 4.78 is 15.8. The molecule has 3 N–H and O–H groups in total. The molecule has 1 saturated heterocycles. The van der Waals surface area contributed by atoms with Crippen LogP contribution < -0.4 is 20.5 Å². The monoisotopic (exact) mass is 492 g/mol. The van der Waals surface area contributed by atoms with Crippen LogP contribution in [0, 0.1) is 0 Å². The minimum absolute atomic E-state index is 0. The van der Waals surface area contributed by atoms with Crippen LogP contribution in [0.25, 0.3) is 0 Å². The van der Waals surface area contributed by atoms with Crippen molar-refractivity contribution in [1.29, 1.82) is 0 Å². The van der Waals surface area contributed by atoms with Crippen LogP contribution in [-0.4, -0.2) is 55.9 Å². The largest absolute Gasteiger partial charge is 0.493 e. The molecule has 9 heteroatoms. The predicted octanol–water partition coefficient (Wildman–Crippen LogP) is 2.35. The lowest BCUT2D eigenvalue weighted by Crippen LogP contribution is -2.62. The van der Waals surface area contributed by atoms with Crippen LogP contribution in [0.15, 0.2) is 23.2 Å². The summed E-state index contributed by atoms with van der Waals surface area (Å²) in [6, 6.07) is 5.68. The Morgan fingerprint density at radius 1 is 1.26 bits per heavy atom. The minimum Gasteiger partial charge on any atom is -0.493 e. The molecule has 8 nitrogen and oxygen atoms in total. The number of nitrogens with one attached hydrogen (secondary N) is 1. The van der Waals surface area contributed by atoms with Gasteiger partial charge in [-0.1, -0.05) is 6.07 Å². The number of carbonyl (C=O) groups is 1. The van der Waals surface area contributed by atoms with E-state index in [1.165, 1.54) is 0 Å². The fraction of sp³-hybridized carbons (Fsp3) is 0.556. The zero-order chi connectivity index (χ0) is 19.3. The molecule has 1 amide bonds. The number of likely N-dealkylation sites (tertiary alicyclic amines) is 1. The fourth-order valence-electron chi connectivity index (χ4n) is 2.46. The number of guanidine groups is 1. The fourth-order valence-corrected chi connectivity index (χ4v) is 2.46. The third-order valence-electron chi connectivity index (χ3n) is 3.77. The molecular weight excluding hydrogens is 463 g/mol. The number of aliphatic imine (C=N–C) groups is 1. The minimum atomic E-state index is -0.491. The highest BCUT2D eigenvalue weighted by Gasteiger charge is 2.33. The van der Waals surface area contributed by atoms with Gasteiger partial charge in [-0.05, 0) is 38.5 Å². The van der Waals surface area contributed by atoms with Crippen molar-refractivity contribution in [1.82, 2.24) is 10.2 Å². The van der Waals surface area contributed by atoms with E-state index in [0.717, 1.165) is 5.56 Å². The van der Waals surface area contributed by atoms with Gasteiger partial charge in [-0.3, -0.25) is 0 Å². The molecule has 0 bridgehead atoms. The molecule has 1 aliphatic rings. The van der Waals surface area contributed by atoms with Gasteiger partial charge < -0.3 is 30.2 Å². The molecule has 1 aromatic carbocycles. The van der Waals surface area contributed by atoms with Gasteiger partial charge in [-0.15, -0.1) is 24.0 Å². The van der Waals surface area contributed by atoms with Crippen molar-refractivity contribution >= 4 is 36.0 Å². The second-order valence-corrected chi connectivity index (χ2v) is 7.12. The van der Waals surface area contributed by atoms with E-state index in [1.54, 1.807) is 19.1 Å². The van der Waals surface area contributed by atoms with Gasteiger partial charge in [-0.2, -0.15) is 0 Å². The van der Waals surface area contributed by atoms with Crippen LogP contribution in [0.1, 0.15) is 26.3 Å². The molecular formula is C18H29IN4O4. The molecule has 0 aromatic heterocycles. The number of halogens is 1. The van der Waals surface area contributed by atoms with Crippen molar-refractivity contribution in [2.24, 2.45) is 10.7 Å². The first kappa shape index (κ1) is 23.1. The number of benzene rings is 1. The molecule has 1 fully saturated rings. The molecule has 1 heterocycles. The Kier molecular flexibility index (Phi) is 8.45. The quantitative estimate of drug-likeness (QED) is 0.372. The molecule has 0 saturated carbocycles. The molecule has 0 unspecified atom stereocenters. The summed E-state index contributed by atoms with van der Waals surface area (Å²) in [6.07, 6.45) is -0.309. The zero-order valence-corrected chi connectivity index (χ0v) is 18.8. The maximum Gasteiger partial charge on any atom is 0.410 e. The SMILES string of the molecule is COc1ccc(CN=C(N)NC2CN(C(=O)OC(C)(C)C)C2)cc1OC.I. The van der Waals surface area contributed by atoms with Gasteiger partial charge in [0.25, 0.3) is 0 Å². The van der Waals surface area contributed by atoms with Gasteiger partial charge in [0, 0.05) is 13.1 Å². The Morgan fingerprint density at radius 3 is 2.44 bits per heavy atom. The Labute approximate surface area is 177 Å². The highest BCUT2D eigenvalue weighted by molar-refractivity contribution is 14.0. The van der Waals surface area contributed by atoms with Gasteiger partial charge in [0.05, 0.1) is 26.8 Å². The topological polar surface area (TPSA) is 98.4 Å². The summed E-state index contributed by atoms with van der Waals surface area (Å²) in [5, 5.41) is 3.11. The van der Waals surface area contributed by atoms with Crippen LogP contribution in [0.5, 0.6) is 11.5 Å². The van der Waals surface area contributed by atoms with E-state index in [9.17, 15) is 4.79 Å². The van der Waals surface area contributed by atoms with Crippen LogP contribution in [0.4, 0.5) is 4.79 Å². The van der Waals surface area contributed by atoms with Gasteiger partial charge in [0.15, 0.2) is 17.5 Å². The Morgan fingerprint density at radius 2 is 1.89 bits per heavy atom. The summed E-state index contributed by atoms with van der Waals surface area (Å²) in [5.41, 5.74) is 6.39. The Balaban J connectivity index is 0.00000364. The number of methoxy groups -OCH3 is 2. The smallest absolute Gasteiger partial charge is 0.410 e. The third-order valence-corrected chi connectivity index (χ3v) is 3.77. The maximum atomic E-state index is 11.9. The van der Waals surface area contributed by atoms with E-state index in [0.29, 0.717) is 37.1 Å². The van der Waals surface area contributed by atoms with Crippen LogP contribution in [-0.2, 0) is 11.3 Å². The maximum absolute atomic E-state index is 11.9. The van der Waals surface area contributed by atoms with Gasteiger partial charge >= 0.3 is 6.09 Å². The number of nitrogens with two attached hydrogens (primary N) is 1. The summed E-state index contributed by atoms with van der Waals surface area (Å²) in [7, 11) is 3.19. The Bertz CT molecular complexity index is 670. The molecule has 1 aliphatic heterocycles. The van der Waals surface area contributed by atoms with E-state index < -0.39 is 5.60 Å². The number of rotatable bonds is 5. The summed E-state index contributed by atoms with van der Waals surface area (Å²) in [4.78, 5) is 17.8. The zero-order valence-electron chi connectivity index (χ0n) is 16.4. The lowest BCUT2D eigenvalue weighted by molar-refractivity contribution is 0.00706. The second kappa shape index (κ2) is 9.86. The lowest BCUT2D eigenvalue weighted by Gasteiger charge is -2.40. The molecule has 0 atom stereocenters.